The quantitative estimate of drug-likeness (QED) is 0.260. The zero-order chi connectivity index (χ0) is 25.1. The van der Waals surface area contributed by atoms with Crippen LogP contribution in [0.15, 0.2) is 37.0 Å². The second kappa shape index (κ2) is 24.3. The number of alkyl halides is 3. The molecule has 0 unspecified atom stereocenters. The molecule has 0 amide bonds. The fraction of sp³-hybridized carbons (Fsp3) is 0.368. The molecule has 0 spiro atoms. The molecule has 0 saturated carbocycles. The van der Waals surface area contributed by atoms with Crippen LogP contribution in [-0.4, -0.2) is 22.7 Å². The average Bonchev–Trinajstić information content (AvgIpc) is 3.43. The van der Waals surface area contributed by atoms with Gasteiger partial charge in [-0.15, -0.1) is 57.2 Å². The van der Waals surface area contributed by atoms with Crippen LogP contribution in [0.25, 0.3) is 0 Å². The molecule has 0 bridgehead atoms. The zero-order valence-corrected chi connectivity index (χ0v) is 26.2. The van der Waals surface area contributed by atoms with E-state index in [1.807, 2.05) is 17.5 Å². The number of hydrogen-bond donors (Lipinski definition) is 2. The van der Waals surface area contributed by atoms with Gasteiger partial charge < -0.3 is 10.2 Å². The lowest BCUT2D eigenvalue weighted by Gasteiger charge is -1.79. The summed E-state index contributed by atoms with van der Waals surface area (Å²) in [5.41, 5.74) is 0. The third-order valence-corrected chi connectivity index (χ3v) is 9.44. The maximum absolute atomic E-state index is 9.96. The minimum absolute atomic E-state index is 0. The van der Waals surface area contributed by atoms with E-state index in [4.69, 9.17) is 58.0 Å². The molecule has 0 aliphatic heterocycles. The van der Waals surface area contributed by atoms with Crippen molar-refractivity contribution in [3.63, 3.8) is 0 Å². The van der Waals surface area contributed by atoms with Gasteiger partial charge in [0.2, 0.25) is 0 Å². The Balaban J connectivity index is -0.000000361. The van der Waals surface area contributed by atoms with Gasteiger partial charge in [-0.1, -0.05) is 37.6 Å². The van der Waals surface area contributed by atoms with Gasteiger partial charge in [0, 0.05) is 33.4 Å². The first-order valence-corrected chi connectivity index (χ1v) is 14.6. The second-order valence-corrected chi connectivity index (χ2v) is 12.6. The molecule has 0 radical (unpaired) electrons. The smallest absolute Gasteiger partial charge is 0.107 e. The molecule has 3 aromatic rings. The van der Waals surface area contributed by atoms with Crippen LogP contribution in [0.3, 0.4) is 0 Å². The van der Waals surface area contributed by atoms with Gasteiger partial charge in [0.25, 0.3) is 0 Å². The van der Waals surface area contributed by atoms with Crippen LogP contribution in [0.4, 0.5) is 4.39 Å². The van der Waals surface area contributed by atoms with Crippen molar-refractivity contribution < 1.29 is 16.0 Å². The summed E-state index contributed by atoms with van der Waals surface area (Å²) in [6, 6.07) is 5.78. The van der Waals surface area contributed by atoms with Gasteiger partial charge in [0.05, 0.1) is 27.1 Å². The fourth-order valence-electron chi connectivity index (χ4n) is 1.47. The van der Waals surface area contributed by atoms with Crippen molar-refractivity contribution in [3.8, 4) is 0 Å². The summed E-state index contributed by atoms with van der Waals surface area (Å²) in [5.74, 6) is 0. The molecule has 2 N–H and O–H groups in total. The highest BCUT2D eigenvalue weighted by atomic mass is 79.9. The molecule has 2 nitrogen and oxygen atoms in total. The molecule has 0 fully saturated rings. The van der Waals surface area contributed by atoms with Crippen LogP contribution in [0, 0.1) is 0 Å². The SMILES string of the molecule is C.CCc1cc(Br)c(Cl)s1.ClCCl.OCc1cc(Br)c(Cl)s1.OCc1cc(Br)cs1.[2H]CF. The summed E-state index contributed by atoms with van der Waals surface area (Å²) < 4.78 is 20.0. The Bertz CT molecular complexity index is 767. The van der Waals surface area contributed by atoms with Gasteiger partial charge >= 0.3 is 0 Å². The maximum Gasteiger partial charge on any atom is 0.107 e. The Hall–Kier alpha value is 1.55. The van der Waals surface area contributed by atoms with Gasteiger partial charge in [-0.05, 0) is 72.4 Å². The number of hydrogen-bond acceptors (Lipinski definition) is 5. The number of aryl methyl sites for hydroxylation is 1. The molecule has 0 atom stereocenters. The van der Waals surface area contributed by atoms with E-state index in [0.717, 1.165) is 33.9 Å². The molecular formula is C19H24Br3Cl4FO2S3. The Labute approximate surface area is 248 Å². The van der Waals surface area contributed by atoms with Crippen molar-refractivity contribution >= 4 is 128 Å². The normalized spacial score (nSPS) is 9.28. The van der Waals surface area contributed by atoms with Gasteiger partial charge in [-0.25, -0.2) is 0 Å². The number of thiophene rings is 3. The highest BCUT2D eigenvalue weighted by molar-refractivity contribution is 9.11. The topological polar surface area (TPSA) is 40.5 Å². The van der Waals surface area contributed by atoms with E-state index in [2.05, 4.69) is 60.8 Å². The molecule has 186 valence electrons. The minimum atomic E-state index is -1.00. The van der Waals surface area contributed by atoms with E-state index in [0.29, 0.717) is 4.34 Å². The van der Waals surface area contributed by atoms with Crippen molar-refractivity contribution in [2.45, 2.75) is 34.0 Å². The van der Waals surface area contributed by atoms with Crippen LogP contribution in [-0.2, 0) is 19.6 Å². The van der Waals surface area contributed by atoms with E-state index in [-0.39, 0.29) is 26.0 Å². The molecule has 3 heterocycles. The second-order valence-electron chi connectivity index (χ2n) is 4.67. The molecule has 32 heavy (non-hydrogen) atoms. The first-order valence-electron chi connectivity index (χ1n) is 8.63. The highest BCUT2D eigenvalue weighted by Crippen LogP contribution is 2.32. The number of halogens is 8. The lowest BCUT2D eigenvalue weighted by Crippen LogP contribution is -1.70. The van der Waals surface area contributed by atoms with Gasteiger partial charge in [0.1, 0.15) is 8.67 Å². The first kappa shape index (κ1) is 35.7. The van der Waals surface area contributed by atoms with Gasteiger partial charge in [0.15, 0.2) is 0 Å². The lowest BCUT2D eigenvalue weighted by molar-refractivity contribution is 0.285. The molecule has 3 rings (SSSR count). The Morgan fingerprint density at radius 1 is 0.938 bits per heavy atom. The highest BCUT2D eigenvalue weighted by Gasteiger charge is 2.02. The minimum Gasteiger partial charge on any atom is -0.391 e. The van der Waals surface area contributed by atoms with Crippen LogP contribution < -0.4 is 0 Å². The Kier molecular flexibility index (Phi) is 27.1. The van der Waals surface area contributed by atoms with E-state index < -0.39 is 7.15 Å². The molecule has 13 heteroatoms. The average molecular weight is 782 g/mol. The van der Waals surface area contributed by atoms with Crippen molar-refractivity contribution in [2.75, 3.05) is 12.5 Å². The summed E-state index contributed by atoms with van der Waals surface area (Å²) in [6.45, 7) is 2.33. The van der Waals surface area contributed by atoms with E-state index in [9.17, 15) is 4.39 Å². The summed E-state index contributed by atoms with van der Waals surface area (Å²) in [6.07, 6.45) is 1.07. The number of aliphatic hydroxyl groups excluding tert-OH is 2. The maximum atomic E-state index is 9.96. The summed E-state index contributed by atoms with van der Waals surface area (Å²) in [5, 5.41) is 19.3. The van der Waals surface area contributed by atoms with Gasteiger partial charge in [-0.3, -0.25) is 4.39 Å². The standard InChI is InChI=1S/C6H6BrClS.C5H4BrClOS.C5H5BrOS.CH2Cl2.CH3F.CH4/c1-2-4-3-5(7)6(8)9-4;6-4-1-3(2-8)9-5(4)7;6-4-1-5(2-7)8-3-4;2-1-3;1-2;/h3H,2H2,1H3;1,8H,2H2;1,3,7H,2H2;1H2;1H3;1H4/i;;;;1D;. The first-order chi connectivity index (χ1) is 15.1. The third kappa shape index (κ3) is 17.9. The largest absolute Gasteiger partial charge is 0.391 e. The summed E-state index contributed by atoms with van der Waals surface area (Å²) in [4.78, 5) is 3.20. The van der Waals surface area contributed by atoms with Crippen molar-refractivity contribution in [3.05, 3.63) is 60.3 Å². The third-order valence-electron chi connectivity index (χ3n) is 2.67. The molecule has 0 aromatic carbocycles. The van der Waals surface area contributed by atoms with Crippen LogP contribution in [0.5, 0.6) is 0 Å². The molecular weight excluding hydrogens is 757 g/mol. The molecule has 3 aromatic heterocycles. The van der Waals surface area contributed by atoms with Crippen molar-refractivity contribution in [2.24, 2.45) is 0 Å². The van der Waals surface area contributed by atoms with E-state index in [1.165, 1.54) is 16.2 Å². The Morgan fingerprint density at radius 2 is 1.34 bits per heavy atom. The monoisotopic (exact) mass is 777 g/mol. The number of aliphatic hydroxyl groups is 2. The van der Waals surface area contributed by atoms with E-state index in [1.54, 1.807) is 22.7 Å². The molecule has 0 saturated heterocycles. The van der Waals surface area contributed by atoms with Crippen molar-refractivity contribution in [1.29, 1.82) is 0 Å². The van der Waals surface area contributed by atoms with Crippen LogP contribution >= 0.6 is 128 Å². The van der Waals surface area contributed by atoms with Crippen LogP contribution in [0.1, 0.15) is 30.4 Å². The summed E-state index contributed by atoms with van der Waals surface area (Å²) >= 11 is 35.4. The Morgan fingerprint density at radius 3 is 1.50 bits per heavy atom. The zero-order valence-electron chi connectivity index (χ0n) is 17.0. The van der Waals surface area contributed by atoms with Gasteiger partial charge in [-0.2, -0.15) is 0 Å². The van der Waals surface area contributed by atoms with Crippen molar-refractivity contribution in [1.82, 2.24) is 0 Å². The van der Waals surface area contributed by atoms with E-state index >= 15 is 0 Å². The molecule has 0 aliphatic rings. The van der Waals surface area contributed by atoms with Crippen LogP contribution in [0.2, 0.25) is 8.67 Å². The summed E-state index contributed by atoms with van der Waals surface area (Å²) in [7, 11) is -1.00. The predicted octanol–water partition coefficient (Wildman–Crippen LogP) is 11.0. The lowest BCUT2D eigenvalue weighted by atomic mass is 10.4. The number of rotatable bonds is 3. The molecule has 0 aliphatic carbocycles. The predicted molar refractivity (Wildman–Crippen MR) is 158 cm³/mol. The fourth-order valence-corrected chi connectivity index (χ4v) is 6.16.